The summed E-state index contributed by atoms with van der Waals surface area (Å²) in [5.74, 6) is 4.61. The van der Waals surface area contributed by atoms with Gasteiger partial charge in [-0.2, -0.15) is 10.2 Å². The second-order valence-electron chi connectivity index (χ2n) is 11.5. The van der Waals surface area contributed by atoms with Crippen molar-refractivity contribution in [3.05, 3.63) is 95.6 Å². The van der Waals surface area contributed by atoms with Crippen LogP contribution in [0.25, 0.3) is 65.9 Å². The quantitative estimate of drug-likeness (QED) is 0.0861. The van der Waals surface area contributed by atoms with Crippen molar-refractivity contribution in [2.24, 2.45) is 11.6 Å². The summed E-state index contributed by atoms with van der Waals surface area (Å²) >= 11 is 0. The van der Waals surface area contributed by atoms with Gasteiger partial charge in [0.1, 0.15) is 16.8 Å². The lowest BCUT2D eigenvalue weighted by Crippen LogP contribution is -2.30. The van der Waals surface area contributed by atoms with E-state index in [-0.39, 0.29) is 17.1 Å². The van der Waals surface area contributed by atoms with Gasteiger partial charge in [0.15, 0.2) is 11.4 Å². The molecule has 0 aliphatic carbocycles. The van der Waals surface area contributed by atoms with Crippen molar-refractivity contribution >= 4 is 61.1 Å². The number of H-pyrrole nitrogens is 2. The number of nitrogens with zero attached hydrogens (tertiary/aromatic N) is 6. The van der Waals surface area contributed by atoms with E-state index >= 15 is 0 Å². The van der Waals surface area contributed by atoms with E-state index in [9.17, 15) is 9.59 Å². The summed E-state index contributed by atoms with van der Waals surface area (Å²) < 4.78 is 5.50. The molecule has 0 bridgehead atoms. The molecule has 0 aliphatic heterocycles. The molecule has 4 aromatic carbocycles. The predicted molar refractivity (Wildman–Crippen MR) is 190 cm³/mol. The fourth-order valence-electron chi connectivity index (χ4n) is 5.97. The van der Waals surface area contributed by atoms with Gasteiger partial charge >= 0.3 is 0 Å². The fraction of sp³-hybridized carbons (Fsp3) is 0.0857. The molecule has 9 N–H and O–H groups in total. The Morgan fingerprint density at radius 3 is 2.30 bits per heavy atom. The summed E-state index contributed by atoms with van der Waals surface area (Å²) in [7, 11) is 1.58. The summed E-state index contributed by atoms with van der Waals surface area (Å²) in [6.45, 7) is 4.00. The van der Waals surface area contributed by atoms with Crippen LogP contribution in [0.5, 0.6) is 5.75 Å². The number of carbonyl (C=O) groups is 2. The van der Waals surface area contributed by atoms with Crippen LogP contribution in [0.1, 0.15) is 32.2 Å². The number of rotatable bonds is 5. The van der Waals surface area contributed by atoms with Gasteiger partial charge in [0.25, 0.3) is 11.8 Å². The molecule has 15 nitrogen and oxygen atoms in total. The van der Waals surface area contributed by atoms with Gasteiger partial charge in [-0.3, -0.25) is 25.2 Å². The fourth-order valence-corrected chi connectivity index (χ4v) is 5.97. The van der Waals surface area contributed by atoms with Crippen LogP contribution in [0.2, 0.25) is 0 Å². The van der Waals surface area contributed by atoms with E-state index in [1.807, 2.05) is 56.3 Å². The zero-order valence-electron chi connectivity index (χ0n) is 27.1. The zero-order chi connectivity index (χ0) is 35.1. The summed E-state index contributed by atoms with van der Waals surface area (Å²) in [5.41, 5.74) is 22.6. The summed E-state index contributed by atoms with van der Waals surface area (Å²) in [6, 6.07) is 21.1. The van der Waals surface area contributed by atoms with Crippen molar-refractivity contribution in [2.45, 2.75) is 13.8 Å². The number of amides is 2. The Hall–Kier alpha value is -7.00. The first-order valence-electron chi connectivity index (χ1n) is 15.3. The molecule has 2 amide bonds. The van der Waals surface area contributed by atoms with Crippen molar-refractivity contribution < 1.29 is 14.3 Å². The van der Waals surface area contributed by atoms with Crippen molar-refractivity contribution in [3.63, 3.8) is 0 Å². The Labute approximate surface area is 283 Å². The van der Waals surface area contributed by atoms with Crippen LogP contribution >= 0.6 is 0 Å². The average Bonchev–Trinajstić information content (AvgIpc) is 3.76. The van der Waals surface area contributed by atoms with Crippen LogP contribution < -0.4 is 27.5 Å². The topological polar surface area (TPSA) is 242 Å². The van der Waals surface area contributed by atoms with E-state index < -0.39 is 11.8 Å². The van der Waals surface area contributed by atoms with Crippen LogP contribution in [0.15, 0.2) is 72.9 Å². The number of aromatic amines is 2. The highest BCUT2D eigenvalue weighted by Crippen LogP contribution is 2.39. The van der Waals surface area contributed by atoms with Crippen molar-refractivity contribution in [1.82, 2.24) is 46.2 Å². The maximum atomic E-state index is 11.7. The lowest BCUT2D eigenvalue weighted by atomic mass is 9.96. The number of hydrogen-bond donors (Lipinski definition) is 6. The van der Waals surface area contributed by atoms with Crippen molar-refractivity contribution in [1.29, 1.82) is 0 Å². The maximum Gasteiger partial charge on any atom is 0.285 e. The number of aryl methyl sites for hydroxylation is 2. The molecule has 0 spiro atoms. The van der Waals surface area contributed by atoms with Crippen LogP contribution in [0, 0.1) is 13.8 Å². The number of hydrazine groups is 1. The second-order valence-corrected chi connectivity index (χ2v) is 11.5. The van der Waals surface area contributed by atoms with E-state index in [4.69, 9.17) is 22.0 Å². The molecule has 0 radical (unpaired) electrons. The molecule has 0 atom stereocenters. The summed E-state index contributed by atoms with van der Waals surface area (Å²) in [6.07, 6.45) is 1.74. The minimum absolute atomic E-state index is 0.0473. The molecule has 0 saturated carbocycles. The molecule has 8 aromatic rings. The van der Waals surface area contributed by atoms with E-state index in [0.717, 1.165) is 66.2 Å². The number of nitrogen functional groups attached to an aromatic ring is 2. The van der Waals surface area contributed by atoms with Gasteiger partial charge in [0, 0.05) is 27.1 Å². The van der Waals surface area contributed by atoms with Crippen LogP contribution in [0.3, 0.4) is 0 Å². The smallest absolute Gasteiger partial charge is 0.285 e. The van der Waals surface area contributed by atoms with Crippen LogP contribution in [-0.4, -0.2) is 59.7 Å². The minimum Gasteiger partial charge on any atom is -0.496 e. The Morgan fingerprint density at radius 1 is 0.780 bits per heavy atom. The van der Waals surface area contributed by atoms with Crippen molar-refractivity contribution in [2.75, 3.05) is 12.8 Å². The van der Waals surface area contributed by atoms with E-state index in [0.29, 0.717) is 16.7 Å². The first-order chi connectivity index (χ1) is 24.2. The minimum atomic E-state index is -0.718. The normalized spacial score (nSPS) is 11.1. The number of nitrogens with one attached hydrogen (secondary N) is 3. The van der Waals surface area contributed by atoms with Gasteiger partial charge in [-0.1, -0.05) is 24.3 Å². The predicted octanol–water partition coefficient (Wildman–Crippen LogP) is 4.26. The number of benzene rings is 4. The monoisotopic (exact) mass is 666 g/mol. The van der Waals surface area contributed by atoms with Gasteiger partial charge in [0.2, 0.25) is 0 Å². The second kappa shape index (κ2) is 12.6. The molecular formula is C35H30N12O3. The van der Waals surface area contributed by atoms with Crippen molar-refractivity contribution in [3.8, 4) is 28.0 Å². The number of aromatic nitrogens is 8. The first-order valence-corrected chi connectivity index (χ1v) is 15.3. The molecule has 4 heterocycles. The van der Waals surface area contributed by atoms with Gasteiger partial charge < -0.3 is 16.2 Å². The van der Waals surface area contributed by atoms with Gasteiger partial charge in [-0.25, -0.2) is 5.84 Å². The van der Waals surface area contributed by atoms with E-state index in [1.54, 1.807) is 31.5 Å². The molecule has 0 saturated heterocycles. The molecule has 0 unspecified atom stereocenters. The number of primary amides is 1. The number of fused-ring (bicyclic) bond motifs is 4. The SMILES string of the molecule is COc1ccc2c(N)c(C(N)=O)nnc2c1-c1ccc2[nH]ncc2c1.Cc1ccc2cc(C(=O)NN)nnc2c1-c1ccc2[nH]nc(C)c2c1. The van der Waals surface area contributed by atoms with Crippen LogP contribution in [0.4, 0.5) is 5.69 Å². The summed E-state index contributed by atoms with van der Waals surface area (Å²) in [5, 5.41) is 34.0. The Balaban J connectivity index is 0.000000157. The van der Waals surface area contributed by atoms with E-state index in [1.165, 1.54) is 0 Å². The highest BCUT2D eigenvalue weighted by atomic mass is 16.5. The Kier molecular flexibility index (Phi) is 7.93. The molecule has 8 rings (SSSR count). The number of methoxy groups -OCH3 is 1. The molecule has 248 valence electrons. The Morgan fingerprint density at radius 2 is 1.54 bits per heavy atom. The van der Waals surface area contributed by atoms with Crippen LogP contribution in [-0.2, 0) is 0 Å². The number of nitrogens with two attached hydrogens (primary N) is 3. The van der Waals surface area contributed by atoms with E-state index in [2.05, 4.69) is 52.3 Å². The molecule has 0 aliphatic rings. The largest absolute Gasteiger partial charge is 0.496 e. The molecule has 50 heavy (non-hydrogen) atoms. The lowest BCUT2D eigenvalue weighted by Gasteiger charge is -2.13. The Bertz CT molecular complexity index is 2630. The highest BCUT2D eigenvalue weighted by Gasteiger charge is 2.19. The lowest BCUT2D eigenvalue weighted by molar-refractivity contribution is 0.0946. The van der Waals surface area contributed by atoms with Gasteiger partial charge in [0.05, 0.1) is 41.3 Å². The standard InChI is InChI=1S/C18H16N6O.C17H14N6O2/c1-9-3-4-12-8-15(18(25)20-19)23-24-17(12)16(9)11-5-6-14-13(7-11)10(2)21-22-14;1-25-12-5-3-10-14(18)16(17(19)24)23-22-15(10)13(12)8-2-4-11-9(6-8)7-20-21-11/h3-8H,19H2,1-2H3,(H,20,25)(H,21,22);2-7H,1H3,(H2,18,22)(H2,19,24)(H,20,21). The third-order valence-electron chi connectivity index (χ3n) is 8.49. The summed E-state index contributed by atoms with van der Waals surface area (Å²) in [4.78, 5) is 23.1. The first kappa shape index (κ1) is 31.6. The molecule has 0 fully saturated rings. The van der Waals surface area contributed by atoms with Gasteiger partial charge in [-0.05, 0) is 73.0 Å². The highest BCUT2D eigenvalue weighted by molar-refractivity contribution is 6.09. The number of hydrogen-bond acceptors (Lipinski definition) is 11. The third kappa shape index (κ3) is 5.42. The van der Waals surface area contributed by atoms with Gasteiger partial charge in [-0.15, -0.1) is 20.4 Å². The number of carbonyl (C=O) groups excluding carboxylic acids is 2. The number of ether oxygens (including phenoxy) is 1. The zero-order valence-corrected chi connectivity index (χ0v) is 27.1. The molecular weight excluding hydrogens is 636 g/mol. The maximum absolute atomic E-state index is 11.7. The number of anilines is 1. The molecule has 4 aromatic heterocycles. The third-order valence-corrected chi connectivity index (χ3v) is 8.49. The average molecular weight is 667 g/mol. The molecule has 15 heteroatoms.